The molecular weight excluding hydrogens is 528 g/mol. The highest BCUT2D eigenvalue weighted by Crippen LogP contribution is 2.28. The molecule has 0 spiro atoms. The summed E-state index contributed by atoms with van der Waals surface area (Å²) in [6, 6.07) is 7.25. The van der Waals surface area contributed by atoms with Gasteiger partial charge in [-0.05, 0) is 51.9 Å². The predicted molar refractivity (Wildman–Crippen MR) is 151 cm³/mol. The molecule has 0 fully saturated rings. The van der Waals surface area contributed by atoms with Crippen molar-refractivity contribution >= 4 is 57.2 Å². The minimum atomic E-state index is -0.346. The van der Waals surface area contributed by atoms with E-state index in [0.717, 1.165) is 37.9 Å². The van der Waals surface area contributed by atoms with Gasteiger partial charge in [-0.1, -0.05) is 41.5 Å². The van der Waals surface area contributed by atoms with Gasteiger partial charge in [-0.25, -0.2) is 20.4 Å². The Morgan fingerprint density at radius 1 is 1.11 bits per heavy atom. The van der Waals surface area contributed by atoms with Gasteiger partial charge in [0.25, 0.3) is 5.91 Å². The molecule has 11 nitrogen and oxygen atoms in total. The van der Waals surface area contributed by atoms with Crippen molar-refractivity contribution in [2.75, 3.05) is 42.6 Å². The van der Waals surface area contributed by atoms with Crippen molar-refractivity contribution < 1.29 is 14.8 Å². The Hall–Kier alpha value is -3.32. The number of likely N-dealkylation sites (N-methyl/N-ethyl adjacent to an activating group) is 1. The van der Waals surface area contributed by atoms with Gasteiger partial charge in [-0.3, -0.25) is 14.8 Å². The van der Waals surface area contributed by atoms with E-state index in [0.29, 0.717) is 51.1 Å². The number of unbranched alkanes of at least 4 members (excludes halogenated alkanes) is 2. The minimum absolute atomic E-state index is 0.284. The highest BCUT2D eigenvalue weighted by Gasteiger charge is 2.14. The number of rotatable bonds is 14. The van der Waals surface area contributed by atoms with Crippen LogP contribution in [0.3, 0.4) is 0 Å². The van der Waals surface area contributed by atoms with Crippen LogP contribution in [0.4, 0.5) is 22.5 Å². The predicted octanol–water partition coefficient (Wildman–Crippen LogP) is 4.61. The number of anilines is 4. The normalized spacial score (nSPS) is 10.9. The quantitative estimate of drug-likeness (QED) is 0.108. The second-order valence-corrected chi connectivity index (χ2v) is 10.2. The SMILES string of the molecule is Cc1nc(NCCN(C)CCCCCC(=O)NO)cc(Nc2ncc(C(=O)Nc3c(C)cccc3Cl)s2)n1. The summed E-state index contributed by atoms with van der Waals surface area (Å²) in [7, 11) is 2.05. The van der Waals surface area contributed by atoms with Crippen LogP contribution in [0.5, 0.6) is 0 Å². The Morgan fingerprint density at radius 2 is 1.89 bits per heavy atom. The Labute approximate surface area is 231 Å². The summed E-state index contributed by atoms with van der Waals surface area (Å²) in [5.74, 6) is 1.23. The highest BCUT2D eigenvalue weighted by molar-refractivity contribution is 7.17. The largest absolute Gasteiger partial charge is 0.369 e. The van der Waals surface area contributed by atoms with Crippen LogP contribution in [0.25, 0.3) is 0 Å². The minimum Gasteiger partial charge on any atom is -0.369 e. The van der Waals surface area contributed by atoms with E-state index in [4.69, 9.17) is 16.8 Å². The lowest BCUT2D eigenvalue weighted by Gasteiger charge is -2.17. The van der Waals surface area contributed by atoms with Crippen LogP contribution >= 0.6 is 22.9 Å². The number of hydrogen-bond acceptors (Lipinski definition) is 10. The number of nitrogens with zero attached hydrogens (tertiary/aromatic N) is 4. The first-order chi connectivity index (χ1) is 18.2. The molecule has 1 aromatic carbocycles. The summed E-state index contributed by atoms with van der Waals surface area (Å²) in [6.45, 7) is 6.12. The third kappa shape index (κ3) is 9.21. The van der Waals surface area contributed by atoms with Gasteiger partial charge in [0.05, 0.1) is 16.9 Å². The third-order valence-corrected chi connectivity index (χ3v) is 6.86. The molecule has 38 heavy (non-hydrogen) atoms. The molecule has 2 aromatic heterocycles. The zero-order valence-corrected chi connectivity index (χ0v) is 23.2. The topological polar surface area (TPSA) is 144 Å². The Morgan fingerprint density at radius 3 is 2.66 bits per heavy atom. The molecular formula is C25H33ClN8O3S. The fourth-order valence-corrected chi connectivity index (χ4v) is 4.61. The van der Waals surface area contributed by atoms with Gasteiger partial charge >= 0.3 is 0 Å². The van der Waals surface area contributed by atoms with Crippen molar-refractivity contribution in [3.05, 3.63) is 51.7 Å². The van der Waals surface area contributed by atoms with E-state index in [9.17, 15) is 9.59 Å². The number of aryl methyl sites for hydroxylation is 2. The fourth-order valence-electron chi connectivity index (χ4n) is 3.62. The van der Waals surface area contributed by atoms with E-state index in [1.807, 2.05) is 33.0 Å². The zero-order chi connectivity index (χ0) is 27.5. The molecule has 2 heterocycles. The number of hydroxylamine groups is 1. The summed E-state index contributed by atoms with van der Waals surface area (Å²) in [4.78, 5) is 39.6. The van der Waals surface area contributed by atoms with Gasteiger partial charge in [0.2, 0.25) is 5.91 Å². The Balaban J connectivity index is 1.48. The maximum absolute atomic E-state index is 12.7. The first kappa shape index (κ1) is 29.2. The number of halogens is 1. The smallest absolute Gasteiger partial charge is 0.267 e. The van der Waals surface area contributed by atoms with E-state index < -0.39 is 0 Å². The van der Waals surface area contributed by atoms with Gasteiger partial charge < -0.3 is 20.9 Å². The highest BCUT2D eigenvalue weighted by atomic mass is 35.5. The lowest BCUT2D eigenvalue weighted by molar-refractivity contribution is -0.129. The fraction of sp³-hybridized carbons (Fsp3) is 0.400. The van der Waals surface area contributed by atoms with Crippen LogP contribution < -0.4 is 21.4 Å². The van der Waals surface area contributed by atoms with Crippen molar-refractivity contribution in [2.45, 2.75) is 39.5 Å². The van der Waals surface area contributed by atoms with Crippen LogP contribution in [-0.4, -0.2) is 63.6 Å². The van der Waals surface area contributed by atoms with Crippen LogP contribution in [-0.2, 0) is 4.79 Å². The Bertz CT molecular complexity index is 1220. The maximum Gasteiger partial charge on any atom is 0.267 e. The number of aromatic nitrogens is 3. The van der Waals surface area contributed by atoms with Gasteiger partial charge in [0.15, 0.2) is 5.13 Å². The van der Waals surface area contributed by atoms with Crippen molar-refractivity contribution in [1.29, 1.82) is 0 Å². The first-order valence-corrected chi connectivity index (χ1v) is 13.4. The second kappa shape index (κ2) is 14.6. The van der Waals surface area contributed by atoms with Crippen LogP contribution in [0.1, 0.15) is 46.7 Å². The summed E-state index contributed by atoms with van der Waals surface area (Å²) < 4.78 is 0. The summed E-state index contributed by atoms with van der Waals surface area (Å²) in [6.07, 6.45) is 4.50. The molecule has 0 aliphatic rings. The average molecular weight is 561 g/mol. The van der Waals surface area contributed by atoms with Gasteiger partial charge in [-0.2, -0.15) is 0 Å². The molecule has 0 saturated heterocycles. The zero-order valence-electron chi connectivity index (χ0n) is 21.7. The van der Waals surface area contributed by atoms with E-state index in [1.54, 1.807) is 17.6 Å². The molecule has 0 unspecified atom stereocenters. The van der Waals surface area contributed by atoms with Gasteiger partial charge in [0, 0.05) is 25.6 Å². The molecule has 0 atom stereocenters. The standard InChI is InChI=1S/C25H33ClN8O3S/c1-16-8-7-9-18(26)23(16)32-24(36)19-15-28-25(38-19)31-21-14-20(29-17(2)30-21)27-11-13-34(3)12-6-4-5-10-22(35)33-37/h7-9,14-15,37H,4-6,10-13H2,1-3H3,(H,32,36)(H,33,35)(H2,27,28,29,30,31). The Kier molecular flexibility index (Phi) is 11.2. The van der Waals surface area contributed by atoms with Crippen LogP contribution in [0.2, 0.25) is 5.02 Å². The number of thiazole rings is 1. The monoisotopic (exact) mass is 560 g/mol. The maximum atomic E-state index is 12.7. The van der Waals surface area contributed by atoms with Crippen LogP contribution in [0, 0.1) is 13.8 Å². The van der Waals surface area contributed by atoms with E-state index in [-0.39, 0.29) is 11.8 Å². The summed E-state index contributed by atoms with van der Waals surface area (Å²) in [5.41, 5.74) is 3.11. The molecule has 0 aliphatic heterocycles. The first-order valence-electron chi connectivity index (χ1n) is 12.3. The molecule has 0 saturated carbocycles. The van der Waals surface area contributed by atoms with Crippen molar-refractivity contribution in [3.63, 3.8) is 0 Å². The molecule has 3 aromatic rings. The van der Waals surface area contributed by atoms with E-state index >= 15 is 0 Å². The summed E-state index contributed by atoms with van der Waals surface area (Å²) in [5, 5.41) is 18.9. The molecule has 3 rings (SSSR count). The number of carbonyl (C=O) groups is 2. The van der Waals surface area contributed by atoms with Crippen LogP contribution in [0.15, 0.2) is 30.5 Å². The molecule has 0 radical (unpaired) electrons. The van der Waals surface area contributed by atoms with Gasteiger partial charge in [0.1, 0.15) is 22.3 Å². The number of amides is 2. The number of hydrogen-bond donors (Lipinski definition) is 5. The average Bonchev–Trinajstić information content (AvgIpc) is 3.34. The van der Waals surface area contributed by atoms with Crippen molar-refractivity contribution in [3.8, 4) is 0 Å². The van der Waals surface area contributed by atoms with Crippen molar-refractivity contribution in [2.24, 2.45) is 0 Å². The number of carbonyl (C=O) groups excluding carboxylic acids is 2. The van der Waals surface area contributed by atoms with E-state index in [1.165, 1.54) is 17.5 Å². The molecule has 2 amide bonds. The molecule has 0 bridgehead atoms. The molecule has 0 aliphatic carbocycles. The third-order valence-electron chi connectivity index (χ3n) is 5.63. The lowest BCUT2D eigenvalue weighted by Crippen LogP contribution is -2.26. The number of benzene rings is 1. The summed E-state index contributed by atoms with van der Waals surface area (Å²) >= 11 is 7.44. The lowest BCUT2D eigenvalue weighted by atomic mass is 10.2. The van der Waals surface area contributed by atoms with E-state index in [2.05, 4.69) is 35.8 Å². The number of para-hydroxylation sites is 1. The molecule has 13 heteroatoms. The van der Waals surface area contributed by atoms with Crippen molar-refractivity contribution in [1.82, 2.24) is 25.3 Å². The molecule has 5 N–H and O–H groups in total. The molecule has 204 valence electrons. The number of nitrogens with one attached hydrogen (secondary N) is 4. The van der Waals surface area contributed by atoms with Gasteiger partial charge in [-0.15, -0.1) is 0 Å². The second-order valence-electron chi connectivity index (χ2n) is 8.80.